The minimum atomic E-state index is -0.169. The van der Waals surface area contributed by atoms with Gasteiger partial charge in [0.25, 0.3) is 13.4 Å². The van der Waals surface area contributed by atoms with Crippen LogP contribution in [0.25, 0.3) is 22.3 Å². The molecule has 4 aliphatic heterocycles. The zero-order valence-corrected chi connectivity index (χ0v) is 45.3. The molecule has 0 spiro atoms. The second-order valence-corrected chi connectivity index (χ2v) is 22.2. The number of nitrogens with zero attached hydrogens (tertiary/aromatic N) is 2. The Morgan fingerprint density at radius 1 is 0.355 bits per heavy atom. The zero-order chi connectivity index (χ0) is 51.9. The van der Waals surface area contributed by atoms with E-state index in [1.165, 1.54) is 44.6 Å². The molecule has 6 heteroatoms. The molecule has 9 aromatic carbocycles. The van der Waals surface area contributed by atoms with Gasteiger partial charge in [-0.2, -0.15) is 0 Å². The van der Waals surface area contributed by atoms with E-state index in [0.29, 0.717) is 23.7 Å². The van der Waals surface area contributed by atoms with Crippen LogP contribution in [0.4, 0.5) is 34.1 Å². The van der Waals surface area contributed by atoms with Crippen LogP contribution in [0.1, 0.15) is 127 Å². The summed E-state index contributed by atoms with van der Waals surface area (Å²) in [6.07, 6.45) is 4.25. The van der Waals surface area contributed by atoms with Crippen molar-refractivity contribution >= 4 is 80.3 Å². The molecule has 0 N–H and O–H groups in total. The second kappa shape index (κ2) is 19.2. The van der Waals surface area contributed by atoms with E-state index in [9.17, 15) is 0 Å². The van der Waals surface area contributed by atoms with Crippen LogP contribution in [-0.2, 0) is 0 Å². The van der Waals surface area contributed by atoms with E-state index in [0.717, 1.165) is 116 Å². The number of hydrogen-bond donors (Lipinski definition) is 0. The summed E-state index contributed by atoms with van der Waals surface area (Å²) in [5.74, 6) is 5.19. The van der Waals surface area contributed by atoms with E-state index < -0.39 is 0 Å². The molecule has 13 rings (SSSR count). The Labute approximate surface area is 451 Å². The van der Waals surface area contributed by atoms with Crippen LogP contribution in [0.3, 0.4) is 0 Å². The van der Waals surface area contributed by atoms with E-state index in [1.54, 1.807) is 0 Å². The smallest absolute Gasteiger partial charge is 0.256 e. The molecule has 374 valence electrons. The Kier molecular flexibility index (Phi) is 12.1. The number of anilines is 6. The molecule has 76 heavy (non-hydrogen) atoms. The average Bonchev–Trinajstić information content (AvgIpc) is 3.62. The van der Waals surface area contributed by atoms with E-state index in [-0.39, 0.29) is 13.4 Å². The van der Waals surface area contributed by atoms with Gasteiger partial charge in [-0.3, -0.25) is 0 Å². The van der Waals surface area contributed by atoms with Gasteiger partial charge in [-0.1, -0.05) is 189 Å². The van der Waals surface area contributed by atoms with Crippen LogP contribution in [-0.4, -0.2) is 13.4 Å². The molecule has 4 heterocycles. The fourth-order valence-electron chi connectivity index (χ4n) is 12.7. The summed E-state index contributed by atoms with van der Waals surface area (Å²) in [5.41, 5.74) is 23.7. The summed E-state index contributed by atoms with van der Waals surface area (Å²) >= 11 is 0. The van der Waals surface area contributed by atoms with Crippen molar-refractivity contribution in [3.05, 3.63) is 204 Å². The van der Waals surface area contributed by atoms with Crippen molar-refractivity contribution in [2.45, 2.75) is 105 Å². The molecule has 4 unspecified atom stereocenters. The minimum absolute atomic E-state index is 0.169. The molecule has 0 saturated heterocycles. The number of hydrogen-bond acceptors (Lipinski definition) is 4. The average molecular weight is 989 g/mol. The highest BCUT2D eigenvalue weighted by molar-refractivity contribution is 7.02. The summed E-state index contributed by atoms with van der Waals surface area (Å²) in [4.78, 5) is 5.07. The van der Waals surface area contributed by atoms with Gasteiger partial charge in [0.05, 0.1) is 11.4 Å². The third-order valence-corrected chi connectivity index (χ3v) is 18.0. The second-order valence-electron chi connectivity index (χ2n) is 22.2. The summed E-state index contributed by atoms with van der Waals surface area (Å²) in [7, 11) is 0. The monoisotopic (exact) mass is 989 g/mol. The van der Waals surface area contributed by atoms with Gasteiger partial charge in [0.2, 0.25) is 0 Å². The van der Waals surface area contributed by atoms with Gasteiger partial charge in [0.15, 0.2) is 0 Å². The Hall–Kier alpha value is -7.69. The summed E-state index contributed by atoms with van der Waals surface area (Å²) in [6, 6.07) is 68.8. The van der Waals surface area contributed by atoms with Crippen LogP contribution in [0, 0.1) is 0 Å². The molecule has 0 amide bonds. The fraction of sp³-hybridized carbons (Fsp3) is 0.229. The largest absolute Gasteiger partial charge is 0.456 e. The van der Waals surface area contributed by atoms with Crippen LogP contribution in [0.5, 0.6) is 23.0 Å². The third kappa shape index (κ3) is 7.65. The molecule has 4 atom stereocenters. The van der Waals surface area contributed by atoms with Crippen molar-refractivity contribution in [3.8, 4) is 45.3 Å². The topological polar surface area (TPSA) is 24.9 Å². The molecule has 4 nitrogen and oxygen atoms in total. The highest BCUT2D eigenvalue weighted by atomic mass is 16.5. The molecule has 0 bridgehead atoms. The van der Waals surface area contributed by atoms with Crippen LogP contribution in [0.15, 0.2) is 182 Å². The van der Waals surface area contributed by atoms with Gasteiger partial charge in [0, 0.05) is 33.7 Å². The molecular formula is C70H66B2N2O2. The van der Waals surface area contributed by atoms with Crippen molar-refractivity contribution in [2.75, 3.05) is 9.80 Å². The Bertz CT molecular complexity index is 3440. The van der Waals surface area contributed by atoms with Crippen molar-refractivity contribution in [1.29, 1.82) is 0 Å². The Morgan fingerprint density at radius 2 is 0.711 bits per heavy atom. The van der Waals surface area contributed by atoms with Gasteiger partial charge in [-0.05, 0) is 164 Å². The minimum Gasteiger partial charge on any atom is -0.456 e. The molecular weight excluding hydrogens is 922 g/mol. The van der Waals surface area contributed by atoms with Crippen LogP contribution < -0.4 is 52.1 Å². The molecule has 9 aromatic rings. The van der Waals surface area contributed by atoms with Crippen molar-refractivity contribution in [2.24, 2.45) is 0 Å². The molecule has 0 fully saturated rings. The lowest BCUT2D eigenvalue weighted by atomic mass is 9.31. The maximum Gasteiger partial charge on any atom is 0.256 e. The quantitative estimate of drug-likeness (QED) is 0.114. The van der Waals surface area contributed by atoms with E-state index >= 15 is 0 Å². The molecule has 0 aromatic heterocycles. The molecule has 0 saturated carbocycles. The van der Waals surface area contributed by atoms with E-state index in [1.807, 2.05) is 0 Å². The lowest BCUT2D eigenvalue weighted by molar-refractivity contribution is 0.477. The first-order valence-electron chi connectivity index (χ1n) is 28.2. The summed E-state index contributed by atoms with van der Waals surface area (Å²) in [6.45, 7) is 18.2. The maximum atomic E-state index is 7.89. The van der Waals surface area contributed by atoms with Crippen LogP contribution in [0.2, 0.25) is 0 Å². The number of fused-ring (bicyclic) bond motifs is 10. The summed E-state index contributed by atoms with van der Waals surface area (Å²) < 4.78 is 15.8. The summed E-state index contributed by atoms with van der Waals surface area (Å²) in [5, 5.41) is 0. The highest BCUT2D eigenvalue weighted by Crippen LogP contribution is 2.54. The fourth-order valence-corrected chi connectivity index (χ4v) is 12.7. The van der Waals surface area contributed by atoms with Crippen LogP contribution >= 0.6 is 0 Å². The van der Waals surface area contributed by atoms with Crippen molar-refractivity contribution in [1.82, 2.24) is 0 Å². The first-order valence-corrected chi connectivity index (χ1v) is 28.2. The number of rotatable bonds is 12. The molecule has 0 aliphatic carbocycles. The highest BCUT2D eigenvalue weighted by Gasteiger charge is 2.52. The lowest BCUT2D eigenvalue weighted by Gasteiger charge is -2.47. The zero-order valence-electron chi connectivity index (χ0n) is 45.3. The predicted molar refractivity (Wildman–Crippen MR) is 324 cm³/mol. The lowest BCUT2D eigenvalue weighted by Crippen LogP contribution is -2.64. The predicted octanol–water partition coefficient (Wildman–Crippen LogP) is 15.9. The molecule has 4 aliphatic rings. The number of benzene rings is 9. The van der Waals surface area contributed by atoms with Gasteiger partial charge < -0.3 is 19.3 Å². The van der Waals surface area contributed by atoms with Gasteiger partial charge in [0.1, 0.15) is 23.0 Å². The normalized spacial score (nSPS) is 14.9. The van der Waals surface area contributed by atoms with Crippen molar-refractivity contribution in [3.63, 3.8) is 0 Å². The van der Waals surface area contributed by atoms with E-state index in [4.69, 9.17) is 9.47 Å². The first-order chi connectivity index (χ1) is 37.2. The third-order valence-electron chi connectivity index (χ3n) is 18.0. The first kappa shape index (κ1) is 48.0. The molecule has 0 radical (unpaired) electrons. The van der Waals surface area contributed by atoms with E-state index in [2.05, 4.69) is 247 Å². The Morgan fingerprint density at radius 3 is 1.08 bits per heavy atom. The van der Waals surface area contributed by atoms with Gasteiger partial charge in [-0.25, -0.2) is 0 Å². The SMILES string of the molecule is CCC(C)c1ccc(N2c3ccc(C(C)CC)cc3B3c4ccc(-c5ccccc5)cc4Oc4c3c2c2c3c4N(c4ccc(C(C)CC)cc4)c4ccc(C(C)CC)cc4B3c3ccc(-c4ccccc4)cc3O2)cc1. The maximum absolute atomic E-state index is 7.89. The standard InChI is InChI=1S/C70H66B2N2O2/c1-9-43(5)47-23-31-55(32-24-47)73-61-37-29-51(45(7)11-3)39-59(61)71-57-35-27-54(50-21-17-14-18-22-50)42-64(57)76-70-65(71)67(73)69-66-68(70)74(56-33-25-48(26-34-56)44(6)10-2)62-38-30-52(46(8)12-4)40-60(62)72(66)58-36-28-53(41-63(58)75-69)49-19-15-13-16-20-49/h13-46H,9-12H2,1-8H3. The number of ether oxygens (including phenoxy) is 2. The Balaban J connectivity index is 1.18. The van der Waals surface area contributed by atoms with Gasteiger partial charge >= 0.3 is 0 Å². The van der Waals surface area contributed by atoms with Gasteiger partial charge in [-0.15, -0.1) is 0 Å². The van der Waals surface area contributed by atoms with Crippen molar-refractivity contribution < 1.29 is 9.47 Å².